The number of carbonyl (C=O) groups excluding carboxylic acids is 8. The van der Waals surface area contributed by atoms with E-state index in [4.69, 9.17) is 4.74 Å². The number of nitrogens with one attached hydrogen (secondary N) is 4. The molecule has 0 aromatic rings. The van der Waals surface area contributed by atoms with Gasteiger partial charge in [-0.2, -0.15) is 0 Å². The molecular formula is C40H63N5O10. The minimum Gasteiger partial charge on any atom is -0.469 e. The molecule has 1 saturated heterocycles. The Morgan fingerprint density at radius 2 is 1.51 bits per heavy atom. The zero-order valence-electron chi connectivity index (χ0n) is 33.5. The number of ketones is 2. The number of likely N-dealkylation sites (tertiary alicyclic amines) is 1. The van der Waals surface area contributed by atoms with Crippen LogP contribution in [0.3, 0.4) is 0 Å². The molecule has 0 radical (unpaired) electrons. The average molecular weight is 774 g/mol. The van der Waals surface area contributed by atoms with E-state index in [1.54, 1.807) is 4.90 Å². The lowest BCUT2D eigenvalue weighted by atomic mass is 9.74. The van der Waals surface area contributed by atoms with E-state index < -0.39 is 70.9 Å². The van der Waals surface area contributed by atoms with Crippen molar-refractivity contribution >= 4 is 47.3 Å². The number of esters is 1. The average Bonchev–Trinajstić information content (AvgIpc) is 3.72. The van der Waals surface area contributed by atoms with Crippen LogP contribution in [0, 0.1) is 35.0 Å². The Morgan fingerprint density at radius 3 is 2.11 bits per heavy atom. The van der Waals surface area contributed by atoms with E-state index >= 15 is 0 Å². The largest absolute Gasteiger partial charge is 0.469 e. The lowest BCUT2D eigenvalue weighted by Crippen LogP contribution is -2.56. The fraction of sp³-hybridized carbons (Fsp3) is 0.800. The van der Waals surface area contributed by atoms with Gasteiger partial charge in [0.2, 0.25) is 23.5 Å². The van der Waals surface area contributed by atoms with Crippen LogP contribution in [0.5, 0.6) is 0 Å². The summed E-state index contributed by atoms with van der Waals surface area (Å²) in [5.41, 5.74) is -0.716. The van der Waals surface area contributed by atoms with Gasteiger partial charge in [-0.1, -0.05) is 59.8 Å². The highest BCUT2D eigenvalue weighted by atomic mass is 16.5. The molecule has 4 rings (SSSR count). The summed E-state index contributed by atoms with van der Waals surface area (Å²) in [6.45, 7) is 7.63. The first-order chi connectivity index (χ1) is 26.1. The maximum atomic E-state index is 14.8. The van der Waals surface area contributed by atoms with Gasteiger partial charge in [-0.25, -0.2) is 4.79 Å². The summed E-state index contributed by atoms with van der Waals surface area (Å²) in [5, 5.41) is 10.9. The van der Waals surface area contributed by atoms with Crippen LogP contribution in [0.15, 0.2) is 0 Å². The van der Waals surface area contributed by atoms with E-state index in [1.165, 1.54) is 14.2 Å². The Balaban J connectivity index is 1.57. The van der Waals surface area contributed by atoms with Gasteiger partial charge >= 0.3 is 12.1 Å². The number of fused-ring (bicyclic) bond motifs is 1. The second kappa shape index (κ2) is 19.7. The van der Waals surface area contributed by atoms with Crippen LogP contribution in [0.25, 0.3) is 0 Å². The summed E-state index contributed by atoms with van der Waals surface area (Å²) in [7, 11) is 2.38. The quantitative estimate of drug-likeness (QED) is 0.118. The van der Waals surface area contributed by atoms with Crippen molar-refractivity contribution in [3.8, 4) is 0 Å². The molecule has 0 aromatic heterocycles. The number of hydrogen-bond donors (Lipinski definition) is 4. The highest BCUT2D eigenvalue weighted by Crippen LogP contribution is 2.44. The summed E-state index contributed by atoms with van der Waals surface area (Å²) in [6, 6.07) is -2.82. The van der Waals surface area contributed by atoms with Crippen molar-refractivity contribution < 1.29 is 47.8 Å². The first kappa shape index (κ1) is 43.7. The molecule has 3 aliphatic carbocycles. The highest BCUT2D eigenvalue weighted by Gasteiger charge is 2.52. The van der Waals surface area contributed by atoms with Crippen molar-refractivity contribution in [1.82, 2.24) is 26.2 Å². The number of alkyl carbamates (subject to hydrolysis) is 1. The number of hydrogen-bond acceptors (Lipinski definition) is 10. The Bertz CT molecular complexity index is 1440. The Hall–Kier alpha value is -4.04. The SMILES string of the molecule is CCC[C@H](NC(=O)C1[C@H]2CCC[C@H]2CN1C(=O)[C@@H](CC(=O)[C@@H](NC(=O)[C@H](CNC(=O)OC)CC(=O)OC)C1CCCCC1)C(C)(C)C)C(=O)C(=O)NC1CC1. The lowest BCUT2D eigenvalue weighted by Gasteiger charge is -2.37. The number of amides is 5. The molecule has 4 N–H and O–H groups in total. The lowest BCUT2D eigenvalue weighted by molar-refractivity contribution is -0.148. The van der Waals surface area contributed by atoms with Crippen molar-refractivity contribution in [3.05, 3.63) is 0 Å². The number of nitrogens with zero attached hydrogens (tertiary/aromatic N) is 1. The fourth-order valence-corrected chi connectivity index (χ4v) is 8.64. The van der Waals surface area contributed by atoms with Crippen LogP contribution in [0.1, 0.15) is 118 Å². The first-order valence-corrected chi connectivity index (χ1v) is 20.3. The minimum absolute atomic E-state index is 0.00967. The molecule has 7 atom stereocenters. The van der Waals surface area contributed by atoms with Gasteiger partial charge in [-0.15, -0.1) is 0 Å². The number of Topliss-reactive ketones (excluding diaryl/α,β-unsaturated/α-hetero) is 2. The monoisotopic (exact) mass is 773 g/mol. The number of carbonyl (C=O) groups is 8. The summed E-state index contributed by atoms with van der Waals surface area (Å²) in [6.07, 6.45) is 7.83. The summed E-state index contributed by atoms with van der Waals surface area (Å²) < 4.78 is 9.42. The van der Waals surface area contributed by atoms with Crippen LogP contribution in [0.2, 0.25) is 0 Å². The van der Waals surface area contributed by atoms with Crippen molar-refractivity contribution in [3.63, 3.8) is 0 Å². The molecule has 1 unspecified atom stereocenters. The van der Waals surface area contributed by atoms with E-state index in [2.05, 4.69) is 26.0 Å². The Labute approximate surface area is 324 Å². The summed E-state index contributed by atoms with van der Waals surface area (Å²) in [5.74, 6) is -5.87. The molecule has 4 fully saturated rings. The van der Waals surface area contributed by atoms with Gasteiger partial charge in [-0.05, 0) is 68.1 Å². The second-order valence-electron chi connectivity index (χ2n) is 17.1. The van der Waals surface area contributed by atoms with Crippen LogP contribution < -0.4 is 21.3 Å². The van der Waals surface area contributed by atoms with Gasteiger partial charge in [0.15, 0.2) is 5.78 Å². The molecule has 5 amide bonds. The molecule has 3 saturated carbocycles. The van der Waals surface area contributed by atoms with E-state index in [1.807, 2.05) is 27.7 Å². The van der Waals surface area contributed by atoms with Gasteiger partial charge in [-0.3, -0.25) is 33.6 Å². The van der Waals surface area contributed by atoms with Crippen molar-refractivity contribution in [2.45, 2.75) is 142 Å². The molecule has 0 spiro atoms. The molecule has 308 valence electrons. The third-order valence-corrected chi connectivity index (χ3v) is 12.0. The zero-order valence-corrected chi connectivity index (χ0v) is 33.5. The molecule has 4 aliphatic rings. The number of rotatable bonds is 18. The van der Waals surface area contributed by atoms with Gasteiger partial charge in [0.1, 0.15) is 6.04 Å². The first-order valence-electron chi connectivity index (χ1n) is 20.3. The normalized spacial score (nSPS) is 23.3. The highest BCUT2D eigenvalue weighted by molar-refractivity contribution is 6.38. The van der Waals surface area contributed by atoms with Crippen molar-refractivity contribution in [2.75, 3.05) is 27.3 Å². The van der Waals surface area contributed by atoms with Gasteiger partial charge in [0.25, 0.3) is 5.91 Å². The minimum atomic E-state index is -1.04. The molecule has 0 aromatic carbocycles. The Kier molecular flexibility index (Phi) is 15.7. The van der Waals surface area contributed by atoms with Gasteiger partial charge in [0, 0.05) is 31.5 Å². The predicted octanol–water partition coefficient (Wildman–Crippen LogP) is 2.97. The molecule has 0 bridgehead atoms. The molecular weight excluding hydrogens is 710 g/mol. The second-order valence-corrected chi connectivity index (χ2v) is 17.1. The predicted molar refractivity (Wildman–Crippen MR) is 201 cm³/mol. The maximum Gasteiger partial charge on any atom is 0.406 e. The molecule has 55 heavy (non-hydrogen) atoms. The standard InChI is InChI=1S/C40H63N5O10/c1-7-12-29(34(48)37(51)42-26-17-18-26)43-36(50)33-27-16-11-15-24(27)22-45(33)38(52)28(40(2,3)4)20-30(46)32(23-13-9-8-10-14-23)44-35(49)25(19-31(47)54-5)21-41-39(53)55-6/h23-29,32-33H,7-22H2,1-6H3,(H,41,53)(H,42,51)(H,43,50)(H,44,49)/t24-,25-,27-,28+,29-,32-,33?/m0/s1. The Morgan fingerprint density at radius 1 is 0.818 bits per heavy atom. The molecule has 15 heteroatoms. The fourth-order valence-electron chi connectivity index (χ4n) is 8.64. The maximum absolute atomic E-state index is 14.8. The summed E-state index contributed by atoms with van der Waals surface area (Å²) >= 11 is 0. The van der Waals surface area contributed by atoms with Crippen molar-refractivity contribution in [2.24, 2.45) is 35.0 Å². The van der Waals surface area contributed by atoms with Crippen molar-refractivity contribution in [1.29, 1.82) is 0 Å². The van der Waals surface area contributed by atoms with E-state index in [0.29, 0.717) is 25.8 Å². The molecule has 15 nitrogen and oxygen atoms in total. The third kappa shape index (κ3) is 11.7. The van der Waals surface area contributed by atoms with Crippen LogP contribution in [-0.2, 0) is 43.0 Å². The number of ether oxygens (including phenoxy) is 2. The van der Waals surface area contributed by atoms with E-state index in [0.717, 1.165) is 51.4 Å². The smallest absolute Gasteiger partial charge is 0.406 e. The van der Waals surface area contributed by atoms with Crippen LogP contribution >= 0.6 is 0 Å². The van der Waals surface area contributed by atoms with E-state index in [-0.39, 0.29) is 61.3 Å². The van der Waals surface area contributed by atoms with E-state index in [9.17, 15) is 38.4 Å². The zero-order chi connectivity index (χ0) is 40.4. The van der Waals surface area contributed by atoms with Crippen LogP contribution in [-0.4, -0.2) is 104 Å². The summed E-state index contributed by atoms with van der Waals surface area (Å²) in [4.78, 5) is 109. The van der Waals surface area contributed by atoms with Crippen LogP contribution in [0.4, 0.5) is 4.79 Å². The van der Waals surface area contributed by atoms with Gasteiger partial charge in [0.05, 0.1) is 38.6 Å². The molecule has 1 heterocycles. The molecule has 1 aliphatic heterocycles. The third-order valence-electron chi connectivity index (χ3n) is 12.0. The topological polar surface area (TPSA) is 206 Å². The van der Waals surface area contributed by atoms with Gasteiger partial charge < -0.3 is 35.6 Å². The number of methoxy groups -OCH3 is 2.